The van der Waals surface area contributed by atoms with E-state index in [-0.39, 0.29) is 0 Å². The smallest absolute Gasteiger partial charge is 0.164 e. The largest absolute Gasteiger partial charge is 0.455 e. The minimum atomic E-state index is 0.590. The minimum Gasteiger partial charge on any atom is -0.455 e. The van der Waals surface area contributed by atoms with E-state index >= 15 is 0 Å². The van der Waals surface area contributed by atoms with Gasteiger partial charge >= 0.3 is 0 Å². The van der Waals surface area contributed by atoms with Crippen LogP contribution < -0.4 is 0 Å². The second-order valence-electron chi connectivity index (χ2n) is 12.3. The molecular formula is C45H27N3O2. The molecule has 10 aromatic rings. The number of hydrogen-bond acceptors (Lipinski definition) is 5. The van der Waals surface area contributed by atoms with Crippen LogP contribution in [-0.4, -0.2) is 15.0 Å². The van der Waals surface area contributed by atoms with Crippen molar-refractivity contribution in [2.45, 2.75) is 0 Å². The second-order valence-corrected chi connectivity index (χ2v) is 12.3. The lowest BCUT2D eigenvalue weighted by atomic mass is 9.93. The number of furan rings is 2. The molecule has 0 N–H and O–H groups in total. The molecule has 0 amide bonds. The Balaban J connectivity index is 1.22. The first-order valence-electron chi connectivity index (χ1n) is 16.6. The first kappa shape index (κ1) is 28.2. The Morgan fingerprint density at radius 1 is 0.300 bits per heavy atom. The van der Waals surface area contributed by atoms with Gasteiger partial charge in [-0.2, -0.15) is 0 Å². The zero-order valence-electron chi connectivity index (χ0n) is 26.7. The molecule has 0 saturated heterocycles. The van der Waals surface area contributed by atoms with Crippen LogP contribution in [0.15, 0.2) is 173 Å². The molecule has 0 saturated carbocycles. The number of nitrogens with zero attached hydrogens (tertiary/aromatic N) is 3. The zero-order valence-corrected chi connectivity index (χ0v) is 26.7. The molecule has 7 aromatic carbocycles. The van der Waals surface area contributed by atoms with Gasteiger partial charge in [-0.15, -0.1) is 0 Å². The summed E-state index contributed by atoms with van der Waals surface area (Å²) in [5, 5.41) is 4.08. The summed E-state index contributed by atoms with van der Waals surface area (Å²) in [4.78, 5) is 15.0. The Morgan fingerprint density at radius 2 is 0.820 bits per heavy atom. The highest BCUT2D eigenvalue weighted by molar-refractivity contribution is 6.21. The van der Waals surface area contributed by atoms with Gasteiger partial charge in [0.15, 0.2) is 17.5 Å². The molecule has 0 aliphatic carbocycles. The van der Waals surface area contributed by atoms with Crippen LogP contribution in [0.4, 0.5) is 0 Å². The molecule has 0 radical (unpaired) electrons. The first-order valence-corrected chi connectivity index (χ1v) is 16.6. The van der Waals surface area contributed by atoms with Crippen LogP contribution in [0.3, 0.4) is 0 Å². The standard InChI is InChI=1S/C45H27N3O2/c1-4-14-28(15-5-1)31-26-27-32(40-34-20-10-11-24-37(34)49-42(31)40)33-21-12-22-35-39-36(23-13-25-38(39)50-41(33)35)45-47-43(29-16-6-2-7-17-29)46-44(48-45)30-18-8-3-9-19-30/h1-27H. The van der Waals surface area contributed by atoms with Crippen molar-refractivity contribution in [3.8, 4) is 56.4 Å². The fraction of sp³-hybridized carbons (Fsp3) is 0. The van der Waals surface area contributed by atoms with Crippen molar-refractivity contribution in [3.63, 3.8) is 0 Å². The summed E-state index contributed by atoms with van der Waals surface area (Å²) >= 11 is 0. The number of para-hydroxylation sites is 2. The molecular weight excluding hydrogens is 615 g/mol. The first-order chi connectivity index (χ1) is 24.8. The number of hydrogen-bond donors (Lipinski definition) is 0. The van der Waals surface area contributed by atoms with Crippen LogP contribution in [0.2, 0.25) is 0 Å². The third kappa shape index (κ3) is 4.52. The normalized spacial score (nSPS) is 11.6. The maximum absolute atomic E-state index is 6.78. The number of benzene rings is 7. The van der Waals surface area contributed by atoms with Gasteiger partial charge in [-0.25, -0.2) is 15.0 Å². The van der Waals surface area contributed by atoms with E-state index in [9.17, 15) is 0 Å². The maximum Gasteiger partial charge on any atom is 0.164 e. The van der Waals surface area contributed by atoms with Gasteiger partial charge in [0.2, 0.25) is 0 Å². The number of fused-ring (bicyclic) bond motifs is 6. The van der Waals surface area contributed by atoms with Crippen LogP contribution in [0.25, 0.3) is 100 Å². The average Bonchev–Trinajstić information content (AvgIpc) is 3.78. The van der Waals surface area contributed by atoms with Crippen molar-refractivity contribution >= 4 is 43.9 Å². The maximum atomic E-state index is 6.78. The molecule has 0 spiro atoms. The monoisotopic (exact) mass is 641 g/mol. The summed E-state index contributed by atoms with van der Waals surface area (Å²) < 4.78 is 13.4. The third-order valence-electron chi connectivity index (χ3n) is 9.36. The van der Waals surface area contributed by atoms with Gasteiger partial charge in [0.05, 0.1) is 0 Å². The number of aromatic nitrogens is 3. The van der Waals surface area contributed by atoms with E-state index in [2.05, 4.69) is 72.8 Å². The Morgan fingerprint density at radius 3 is 1.54 bits per heavy atom. The molecule has 0 bridgehead atoms. The molecule has 3 heterocycles. The lowest BCUT2D eigenvalue weighted by Gasteiger charge is -2.10. The van der Waals surface area contributed by atoms with Crippen LogP contribution in [-0.2, 0) is 0 Å². The van der Waals surface area contributed by atoms with Gasteiger partial charge in [0.1, 0.15) is 22.3 Å². The molecule has 234 valence electrons. The molecule has 0 fully saturated rings. The van der Waals surface area contributed by atoms with E-state index < -0.39 is 0 Å². The summed E-state index contributed by atoms with van der Waals surface area (Å²) in [6, 6.07) is 55.5. The van der Waals surface area contributed by atoms with Gasteiger partial charge in [-0.1, -0.05) is 146 Å². The fourth-order valence-electron chi connectivity index (χ4n) is 7.07. The van der Waals surface area contributed by atoms with Crippen LogP contribution >= 0.6 is 0 Å². The topological polar surface area (TPSA) is 65.0 Å². The van der Waals surface area contributed by atoms with Crippen molar-refractivity contribution in [1.82, 2.24) is 15.0 Å². The summed E-state index contributed by atoms with van der Waals surface area (Å²) in [5.74, 6) is 1.83. The lowest BCUT2D eigenvalue weighted by Crippen LogP contribution is -2.00. The van der Waals surface area contributed by atoms with Crippen molar-refractivity contribution in [1.29, 1.82) is 0 Å². The van der Waals surface area contributed by atoms with E-state index in [1.54, 1.807) is 0 Å². The molecule has 3 aromatic heterocycles. The molecule has 0 atom stereocenters. The number of rotatable bonds is 5. The highest BCUT2D eigenvalue weighted by Gasteiger charge is 2.22. The van der Waals surface area contributed by atoms with Gasteiger partial charge in [0.25, 0.3) is 0 Å². The SMILES string of the molecule is c1ccc(-c2nc(-c3ccccc3)nc(-c3cccc4oc5c(-c6ccc(-c7ccccc7)c7oc8ccccc8c67)cccc5c34)n2)cc1. The predicted molar refractivity (Wildman–Crippen MR) is 202 cm³/mol. The molecule has 10 rings (SSSR count). The highest BCUT2D eigenvalue weighted by Crippen LogP contribution is 2.45. The Bertz CT molecular complexity index is 2800. The highest BCUT2D eigenvalue weighted by atomic mass is 16.3. The van der Waals surface area contributed by atoms with E-state index in [4.69, 9.17) is 23.8 Å². The van der Waals surface area contributed by atoms with Crippen LogP contribution in [0, 0.1) is 0 Å². The van der Waals surface area contributed by atoms with Gasteiger partial charge in [-0.05, 0) is 29.3 Å². The van der Waals surface area contributed by atoms with Gasteiger partial charge in [-0.3, -0.25) is 0 Å². The Kier molecular flexibility index (Phi) is 6.42. The summed E-state index contributed by atoms with van der Waals surface area (Å²) in [6.45, 7) is 0. The molecule has 0 unspecified atom stereocenters. The summed E-state index contributed by atoms with van der Waals surface area (Å²) in [5.41, 5.74) is 10.2. The van der Waals surface area contributed by atoms with Crippen molar-refractivity contribution in [3.05, 3.63) is 164 Å². The lowest BCUT2D eigenvalue weighted by molar-refractivity contribution is 0.669. The van der Waals surface area contributed by atoms with Gasteiger partial charge in [0, 0.05) is 49.4 Å². The zero-order chi connectivity index (χ0) is 33.0. The van der Waals surface area contributed by atoms with E-state index in [1.807, 2.05) is 91.0 Å². The molecule has 5 nitrogen and oxygen atoms in total. The predicted octanol–water partition coefficient (Wildman–Crippen LogP) is 12.0. The second kappa shape index (κ2) is 11.4. The summed E-state index contributed by atoms with van der Waals surface area (Å²) in [7, 11) is 0. The van der Waals surface area contributed by atoms with Gasteiger partial charge < -0.3 is 8.83 Å². The molecule has 50 heavy (non-hydrogen) atoms. The quantitative estimate of drug-likeness (QED) is 0.187. The Hall–Kier alpha value is -6.85. The molecule has 0 aliphatic heterocycles. The minimum absolute atomic E-state index is 0.590. The summed E-state index contributed by atoms with van der Waals surface area (Å²) in [6.07, 6.45) is 0. The third-order valence-corrected chi connectivity index (χ3v) is 9.36. The van der Waals surface area contributed by atoms with E-state index in [1.165, 1.54) is 0 Å². The van der Waals surface area contributed by atoms with Crippen molar-refractivity contribution in [2.75, 3.05) is 0 Å². The van der Waals surface area contributed by atoms with Crippen LogP contribution in [0.1, 0.15) is 0 Å². The van der Waals surface area contributed by atoms with Crippen molar-refractivity contribution < 1.29 is 8.83 Å². The van der Waals surface area contributed by atoms with Crippen molar-refractivity contribution in [2.24, 2.45) is 0 Å². The fourth-order valence-corrected chi connectivity index (χ4v) is 7.07. The van der Waals surface area contributed by atoms with E-state index in [0.717, 1.165) is 82.8 Å². The molecule has 0 aliphatic rings. The Labute approximate surface area is 287 Å². The average molecular weight is 642 g/mol. The van der Waals surface area contributed by atoms with E-state index in [0.29, 0.717) is 17.5 Å². The van der Waals surface area contributed by atoms with Crippen LogP contribution in [0.5, 0.6) is 0 Å². The molecule has 5 heteroatoms.